The molecule has 27 heavy (non-hydrogen) atoms. The van der Waals surface area contributed by atoms with Crippen molar-refractivity contribution >= 4 is 0 Å². The molecule has 146 valence electrons. The van der Waals surface area contributed by atoms with Gasteiger partial charge >= 0.3 is 0 Å². The summed E-state index contributed by atoms with van der Waals surface area (Å²) >= 11 is 0. The minimum absolute atomic E-state index is 0.542. The minimum atomic E-state index is 0.542. The monoisotopic (exact) mass is 369 g/mol. The summed E-state index contributed by atoms with van der Waals surface area (Å²) in [4.78, 5) is 2.49. The van der Waals surface area contributed by atoms with Gasteiger partial charge in [0.25, 0.3) is 0 Å². The average molecular weight is 370 g/mol. The molecule has 5 nitrogen and oxygen atoms in total. The molecule has 0 amide bonds. The molecule has 0 aliphatic carbocycles. The molecule has 0 bridgehead atoms. The lowest BCUT2D eigenvalue weighted by molar-refractivity contribution is 0.240. The van der Waals surface area contributed by atoms with Crippen LogP contribution in [0.25, 0.3) is 0 Å². The number of benzene rings is 2. The number of para-hydroxylation sites is 1. The topological polar surface area (TPSA) is 45.8 Å². The molecule has 1 aliphatic rings. The maximum Gasteiger partial charge on any atom is 0.166 e. The minimum Gasteiger partial charge on any atom is -0.493 e. The number of ether oxygens (including phenoxy) is 2. The summed E-state index contributed by atoms with van der Waals surface area (Å²) in [6.07, 6.45) is 0. The molecule has 2 N–H and O–H groups in total. The maximum absolute atomic E-state index is 6.19. The fraction of sp³-hybridized carbons (Fsp3) is 0.455. The molecule has 1 fully saturated rings. The highest BCUT2D eigenvalue weighted by Crippen LogP contribution is 2.32. The zero-order valence-electron chi connectivity index (χ0n) is 16.5. The Bertz CT molecular complexity index is 714. The molecular formula is C22H31N3O2. The van der Waals surface area contributed by atoms with E-state index in [0.29, 0.717) is 6.61 Å². The molecule has 1 heterocycles. The molecule has 0 aromatic heterocycles. The number of aryl methyl sites for hydroxylation is 1. The maximum atomic E-state index is 6.19. The first kappa shape index (κ1) is 19.7. The predicted octanol–water partition coefficient (Wildman–Crippen LogP) is 2.58. The number of hydrogen-bond acceptors (Lipinski definition) is 5. The van der Waals surface area contributed by atoms with Crippen LogP contribution in [-0.2, 0) is 13.2 Å². The lowest BCUT2D eigenvalue weighted by Gasteiger charge is -2.27. The lowest BCUT2D eigenvalue weighted by Crippen LogP contribution is -2.45. The van der Waals surface area contributed by atoms with Gasteiger partial charge in [0.1, 0.15) is 6.61 Å². The lowest BCUT2D eigenvalue weighted by atomic mass is 10.1. The normalized spacial score (nSPS) is 14.9. The zero-order chi connectivity index (χ0) is 18.9. The molecule has 0 spiro atoms. The summed E-state index contributed by atoms with van der Waals surface area (Å²) in [5.41, 5.74) is 3.56. The van der Waals surface area contributed by atoms with E-state index < -0.39 is 0 Å². The molecule has 0 saturated carbocycles. The van der Waals surface area contributed by atoms with E-state index in [1.54, 1.807) is 7.11 Å². The first-order valence-corrected chi connectivity index (χ1v) is 9.75. The molecule has 3 rings (SSSR count). The summed E-state index contributed by atoms with van der Waals surface area (Å²) in [5.74, 6) is 1.61. The number of nitrogens with zero attached hydrogens (tertiary/aromatic N) is 1. The Morgan fingerprint density at radius 2 is 1.81 bits per heavy atom. The van der Waals surface area contributed by atoms with Crippen LogP contribution in [0.15, 0.2) is 42.5 Å². The van der Waals surface area contributed by atoms with Gasteiger partial charge in [0.2, 0.25) is 0 Å². The van der Waals surface area contributed by atoms with E-state index in [2.05, 4.69) is 46.7 Å². The molecule has 1 aliphatic heterocycles. The highest BCUT2D eigenvalue weighted by Gasteiger charge is 2.12. The summed E-state index contributed by atoms with van der Waals surface area (Å²) in [5, 5.41) is 6.94. The summed E-state index contributed by atoms with van der Waals surface area (Å²) in [7, 11) is 1.69. The second kappa shape index (κ2) is 10.3. The van der Waals surface area contributed by atoms with Crippen molar-refractivity contribution < 1.29 is 9.47 Å². The standard InChI is InChI=1S/C22H31N3O2/c1-18-6-3-4-7-20(18)17-27-22-19(8-5-9-21(22)26-2)16-24-12-15-25-13-10-23-11-14-25/h3-9,23-24H,10-17H2,1-2H3. The third-order valence-electron chi connectivity index (χ3n) is 5.04. The zero-order valence-corrected chi connectivity index (χ0v) is 16.5. The average Bonchev–Trinajstić information content (AvgIpc) is 2.71. The van der Waals surface area contributed by atoms with Crippen LogP contribution in [0.4, 0.5) is 0 Å². The van der Waals surface area contributed by atoms with E-state index in [-0.39, 0.29) is 0 Å². The summed E-state index contributed by atoms with van der Waals surface area (Å²) < 4.78 is 11.7. The molecule has 2 aromatic carbocycles. The fourth-order valence-corrected chi connectivity index (χ4v) is 3.34. The van der Waals surface area contributed by atoms with Gasteiger partial charge in [0, 0.05) is 51.4 Å². The van der Waals surface area contributed by atoms with Crippen LogP contribution in [0.3, 0.4) is 0 Å². The van der Waals surface area contributed by atoms with Crippen molar-refractivity contribution in [2.24, 2.45) is 0 Å². The van der Waals surface area contributed by atoms with Gasteiger partial charge in [-0.25, -0.2) is 0 Å². The number of rotatable bonds is 9. The highest BCUT2D eigenvalue weighted by atomic mass is 16.5. The third kappa shape index (κ3) is 5.70. The molecular weight excluding hydrogens is 338 g/mol. The molecule has 5 heteroatoms. The highest BCUT2D eigenvalue weighted by molar-refractivity contribution is 5.46. The number of methoxy groups -OCH3 is 1. The summed E-state index contributed by atoms with van der Waals surface area (Å²) in [6, 6.07) is 14.4. The van der Waals surface area contributed by atoms with E-state index in [1.165, 1.54) is 11.1 Å². The van der Waals surface area contributed by atoms with Gasteiger partial charge in [-0.1, -0.05) is 36.4 Å². The quantitative estimate of drug-likeness (QED) is 0.665. The number of nitrogens with one attached hydrogen (secondary N) is 2. The fourth-order valence-electron chi connectivity index (χ4n) is 3.34. The van der Waals surface area contributed by atoms with Gasteiger partial charge in [-0.3, -0.25) is 4.90 Å². The Kier molecular flexibility index (Phi) is 7.51. The Labute approximate surface area is 162 Å². The summed E-state index contributed by atoms with van der Waals surface area (Å²) in [6.45, 7) is 9.91. The van der Waals surface area contributed by atoms with Crippen LogP contribution in [0.5, 0.6) is 11.5 Å². The first-order chi connectivity index (χ1) is 13.3. The molecule has 1 saturated heterocycles. The van der Waals surface area contributed by atoms with E-state index in [4.69, 9.17) is 9.47 Å². The van der Waals surface area contributed by atoms with Crippen LogP contribution in [0, 0.1) is 6.92 Å². The number of piperazine rings is 1. The second-order valence-electron chi connectivity index (χ2n) is 6.93. The molecule has 0 radical (unpaired) electrons. The van der Waals surface area contributed by atoms with E-state index in [0.717, 1.165) is 62.9 Å². The SMILES string of the molecule is COc1cccc(CNCCN2CCNCC2)c1OCc1ccccc1C. The Balaban J connectivity index is 1.58. The van der Waals surface area contributed by atoms with Crippen molar-refractivity contribution in [3.63, 3.8) is 0 Å². The largest absolute Gasteiger partial charge is 0.493 e. The molecule has 0 atom stereocenters. The smallest absolute Gasteiger partial charge is 0.166 e. The van der Waals surface area contributed by atoms with Crippen molar-refractivity contribution in [3.05, 3.63) is 59.2 Å². The van der Waals surface area contributed by atoms with Gasteiger partial charge in [-0.2, -0.15) is 0 Å². The van der Waals surface area contributed by atoms with Crippen LogP contribution in [0.2, 0.25) is 0 Å². The van der Waals surface area contributed by atoms with Crippen LogP contribution >= 0.6 is 0 Å². The van der Waals surface area contributed by atoms with Crippen LogP contribution < -0.4 is 20.1 Å². The molecule has 0 unspecified atom stereocenters. The van der Waals surface area contributed by atoms with E-state index in [9.17, 15) is 0 Å². The third-order valence-corrected chi connectivity index (χ3v) is 5.04. The van der Waals surface area contributed by atoms with E-state index in [1.807, 2.05) is 18.2 Å². The van der Waals surface area contributed by atoms with Crippen LogP contribution in [0.1, 0.15) is 16.7 Å². The van der Waals surface area contributed by atoms with Gasteiger partial charge < -0.3 is 20.1 Å². The van der Waals surface area contributed by atoms with Crippen molar-refractivity contribution in [2.75, 3.05) is 46.4 Å². The predicted molar refractivity (Wildman–Crippen MR) is 110 cm³/mol. The van der Waals surface area contributed by atoms with E-state index >= 15 is 0 Å². The Morgan fingerprint density at radius 3 is 2.59 bits per heavy atom. The van der Waals surface area contributed by atoms with Gasteiger partial charge in [-0.05, 0) is 24.1 Å². The Morgan fingerprint density at radius 1 is 1.04 bits per heavy atom. The van der Waals surface area contributed by atoms with Gasteiger partial charge in [0.15, 0.2) is 11.5 Å². The first-order valence-electron chi connectivity index (χ1n) is 9.75. The van der Waals surface area contributed by atoms with Crippen molar-refractivity contribution in [2.45, 2.75) is 20.1 Å². The number of hydrogen-bond donors (Lipinski definition) is 2. The van der Waals surface area contributed by atoms with Crippen molar-refractivity contribution in [1.82, 2.24) is 15.5 Å². The van der Waals surface area contributed by atoms with Crippen LogP contribution in [-0.4, -0.2) is 51.3 Å². The second-order valence-corrected chi connectivity index (χ2v) is 6.93. The van der Waals surface area contributed by atoms with Crippen molar-refractivity contribution in [1.29, 1.82) is 0 Å². The van der Waals surface area contributed by atoms with Gasteiger partial charge in [-0.15, -0.1) is 0 Å². The molecule has 2 aromatic rings. The van der Waals surface area contributed by atoms with Crippen molar-refractivity contribution in [3.8, 4) is 11.5 Å². The van der Waals surface area contributed by atoms with Gasteiger partial charge in [0.05, 0.1) is 7.11 Å². The Hall–Kier alpha value is -2.08.